The SMILES string of the molecule is CC1CC1NCC(F)F. The Hall–Kier alpha value is -0.180. The summed E-state index contributed by atoms with van der Waals surface area (Å²) >= 11 is 0. The quantitative estimate of drug-likeness (QED) is 0.614. The molecule has 1 nitrogen and oxygen atoms in total. The summed E-state index contributed by atoms with van der Waals surface area (Å²) in [6.07, 6.45) is -1.13. The first-order valence-electron chi connectivity index (χ1n) is 3.21. The van der Waals surface area contributed by atoms with E-state index in [1.807, 2.05) is 0 Å². The molecule has 0 amide bonds. The van der Waals surface area contributed by atoms with Crippen LogP contribution >= 0.6 is 0 Å². The topological polar surface area (TPSA) is 12.0 Å². The molecule has 0 spiro atoms. The molecule has 9 heavy (non-hydrogen) atoms. The Bertz CT molecular complexity index is 95.1. The minimum absolute atomic E-state index is 0.144. The van der Waals surface area contributed by atoms with E-state index >= 15 is 0 Å². The third-order valence-corrected chi connectivity index (χ3v) is 1.64. The first kappa shape index (κ1) is 6.93. The lowest BCUT2D eigenvalue weighted by atomic mass is 10.5. The van der Waals surface area contributed by atoms with E-state index in [-0.39, 0.29) is 6.54 Å². The lowest BCUT2D eigenvalue weighted by Gasteiger charge is -1.99. The van der Waals surface area contributed by atoms with Gasteiger partial charge in [0.25, 0.3) is 6.43 Å². The second kappa shape index (κ2) is 2.60. The van der Waals surface area contributed by atoms with Crippen molar-refractivity contribution in [2.75, 3.05) is 6.54 Å². The molecule has 0 bridgehead atoms. The van der Waals surface area contributed by atoms with E-state index in [1.165, 1.54) is 0 Å². The molecule has 0 aromatic carbocycles. The third-order valence-electron chi connectivity index (χ3n) is 1.64. The molecular formula is C6H11F2N. The molecule has 1 N–H and O–H groups in total. The lowest BCUT2D eigenvalue weighted by molar-refractivity contribution is 0.145. The van der Waals surface area contributed by atoms with Crippen LogP contribution in [0.4, 0.5) is 8.78 Å². The van der Waals surface area contributed by atoms with E-state index < -0.39 is 6.43 Å². The fraction of sp³-hybridized carbons (Fsp3) is 1.00. The molecule has 1 aliphatic carbocycles. The normalized spacial score (nSPS) is 33.3. The molecule has 0 saturated heterocycles. The zero-order chi connectivity index (χ0) is 6.85. The number of rotatable bonds is 3. The van der Waals surface area contributed by atoms with Gasteiger partial charge in [0.05, 0.1) is 6.54 Å². The van der Waals surface area contributed by atoms with E-state index in [2.05, 4.69) is 12.2 Å². The van der Waals surface area contributed by atoms with Gasteiger partial charge in [-0.1, -0.05) is 6.92 Å². The molecule has 0 radical (unpaired) electrons. The molecule has 2 atom stereocenters. The minimum Gasteiger partial charge on any atom is -0.308 e. The molecule has 0 aromatic heterocycles. The molecule has 54 valence electrons. The highest BCUT2D eigenvalue weighted by Gasteiger charge is 2.32. The van der Waals surface area contributed by atoms with Crippen LogP contribution in [0.3, 0.4) is 0 Å². The van der Waals surface area contributed by atoms with Gasteiger partial charge in [0.15, 0.2) is 0 Å². The van der Waals surface area contributed by atoms with Crippen LogP contribution in [0.15, 0.2) is 0 Å². The highest BCUT2D eigenvalue weighted by molar-refractivity contribution is 4.89. The second-order valence-corrected chi connectivity index (χ2v) is 2.62. The van der Waals surface area contributed by atoms with E-state index in [0.717, 1.165) is 6.42 Å². The van der Waals surface area contributed by atoms with E-state index in [0.29, 0.717) is 12.0 Å². The smallest absolute Gasteiger partial charge is 0.250 e. The standard InChI is InChI=1S/C6H11F2N/c1-4-2-5(4)9-3-6(7)8/h4-6,9H,2-3H2,1H3. The molecule has 1 aliphatic rings. The number of nitrogens with one attached hydrogen (secondary N) is 1. The zero-order valence-electron chi connectivity index (χ0n) is 5.40. The van der Waals surface area contributed by atoms with Crippen LogP contribution in [0.2, 0.25) is 0 Å². The predicted octanol–water partition coefficient (Wildman–Crippen LogP) is 1.25. The van der Waals surface area contributed by atoms with Gasteiger partial charge in [0.2, 0.25) is 0 Å². The van der Waals surface area contributed by atoms with Gasteiger partial charge in [-0.2, -0.15) is 0 Å². The molecule has 1 saturated carbocycles. The average Bonchev–Trinajstić information content (AvgIpc) is 2.42. The maximum absolute atomic E-state index is 11.5. The van der Waals surface area contributed by atoms with Crippen LogP contribution in [0.1, 0.15) is 13.3 Å². The number of alkyl halides is 2. The molecular weight excluding hydrogens is 124 g/mol. The number of hydrogen-bond acceptors (Lipinski definition) is 1. The van der Waals surface area contributed by atoms with Gasteiger partial charge in [-0.3, -0.25) is 0 Å². The molecule has 3 heteroatoms. The summed E-state index contributed by atoms with van der Waals surface area (Å²) in [5, 5.41) is 2.76. The summed E-state index contributed by atoms with van der Waals surface area (Å²) in [5.74, 6) is 0.615. The van der Waals surface area contributed by atoms with Crippen molar-refractivity contribution < 1.29 is 8.78 Å². The van der Waals surface area contributed by atoms with Crippen LogP contribution < -0.4 is 5.32 Å². The predicted molar refractivity (Wildman–Crippen MR) is 31.6 cm³/mol. The van der Waals surface area contributed by atoms with E-state index in [4.69, 9.17) is 0 Å². The molecule has 0 aliphatic heterocycles. The third kappa shape index (κ3) is 2.26. The summed E-state index contributed by atoms with van der Waals surface area (Å²) in [6.45, 7) is 1.91. The highest BCUT2D eigenvalue weighted by Crippen LogP contribution is 2.28. The van der Waals surface area contributed by atoms with Gasteiger partial charge in [-0.15, -0.1) is 0 Å². The van der Waals surface area contributed by atoms with Crippen LogP contribution in [-0.4, -0.2) is 19.0 Å². The monoisotopic (exact) mass is 135 g/mol. The first-order valence-corrected chi connectivity index (χ1v) is 3.21. The molecule has 1 fully saturated rings. The fourth-order valence-electron chi connectivity index (χ4n) is 0.847. The van der Waals surface area contributed by atoms with Gasteiger partial charge in [0.1, 0.15) is 0 Å². The Labute approximate surface area is 53.4 Å². The van der Waals surface area contributed by atoms with Crippen LogP contribution in [0, 0.1) is 5.92 Å². The van der Waals surface area contributed by atoms with Crippen molar-refractivity contribution in [2.24, 2.45) is 5.92 Å². The first-order chi connectivity index (χ1) is 4.20. The summed E-state index contributed by atoms with van der Waals surface area (Å²) in [6, 6.07) is 0.374. The van der Waals surface area contributed by atoms with E-state index in [9.17, 15) is 8.78 Å². The van der Waals surface area contributed by atoms with Gasteiger partial charge >= 0.3 is 0 Å². The maximum atomic E-state index is 11.5. The fourth-order valence-corrected chi connectivity index (χ4v) is 0.847. The minimum atomic E-state index is -2.20. The Morgan fingerprint density at radius 3 is 2.56 bits per heavy atom. The maximum Gasteiger partial charge on any atom is 0.250 e. The van der Waals surface area contributed by atoms with Crippen molar-refractivity contribution in [3.05, 3.63) is 0 Å². The van der Waals surface area contributed by atoms with Crippen molar-refractivity contribution in [1.82, 2.24) is 5.32 Å². The highest BCUT2D eigenvalue weighted by atomic mass is 19.3. The summed E-state index contributed by atoms with van der Waals surface area (Å²) in [5.41, 5.74) is 0. The van der Waals surface area contributed by atoms with Crippen LogP contribution in [-0.2, 0) is 0 Å². The van der Waals surface area contributed by atoms with Crippen molar-refractivity contribution >= 4 is 0 Å². The molecule has 1 rings (SSSR count). The summed E-state index contributed by atoms with van der Waals surface area (Å²) < 4.78 is 23.0. The molecule has 2 unspecified atom stereocenters. The Morgan fingerprint density at radius 2 is 2.22 bits per heavy atom. The van der Waals surface area contributed by atoms with Crippen molar-refractivity contribution in [1.29, 1.82) is 0 Å². The van der Waals surface area contributed by atoms with Crippen molar-refractivity contribution in [2.45, 2.75) is 25.8 Å². The van der Waals surface area contributed by atoms with Crippen LogP contribution in [0.25, 0.3) is 0 Å². The lowest BCUT2D eigenvalue weighted by Crippen LogP contribution is -2.24. The van der Waals surface area contributed by atoms with Gasteiger partial charge in [0, 0.05) is 6.04 Å². The Morgan fingerprint density at radius 1 is 1.67 bits per heavy atom. The zero-order valence-corrected chi connectivity index (χ0v) is 5.40. The van der Waals surface area contributed by atoms with Gasteiger partial charge < -0.3 is 5.32 Å². The van der Waals surface area contributed by atoms with Gasteiger partial charge in [-0.25, -0.2) is 8.78 Å². The average molecular weight is 135 g/mol. The Kier molecular flexibility index (Phi) is 2.01. The van der Waals surface area contributed by atoms with E-state index in [1.54, 1.807) is 0 Å². The van der Waals surface area contributed by atoms with Crippen LogP contribution in [0.5, 0.6) is 0 Å². The number of halogens is 2. The Balaban J connectivity index is 1.94. The molecule has 0 heterocycles. The van der Waals surface area contributed by atoms with Crippen molar-refractivity contribution in [3.63, 3.8) is 0 Å². The second-order valence-electron chi connectivity index (χ2n) is 2.62. The summed E-state index contributed by atoms with van der Waals surface area (Å²) in [4.78, 5) is 0. The summed E-state index contributed by atoms with van der Waals surface area (Å²) in [7, 11) is 0. The largest absolute Gasteiger partial charge is 0.308 e. The number of hydrogen-bond donors (Lipinski definition) is 1. The van der Waals surface area contributed by atoms with Crippen molar-refractivity contribution in [3.8, 4) is 0 Å². The van der Waals surface area contributed by atoms with Gasteiger partial charge in [-0.05, 0) is 12.3 Å². The molecule has 0 aromatic rings.